The molecule has 1 unspecified atom stereocenters. The number of aryl methyl sites for hydroxylation is 1. The summed E-state index contributed by atoms with van der Waals surface area (Å²) >= 11 is -2.07. The molecule has 0 bridgehead atoms. The Morgan fingerprint density at radius 3 is 2.09 bits per heavy atom. The highest BCUT2D eigenvalue weighted by Gasteiger charge is 2.41. The molecule has 2 rings (SSSR count). The van der Waals surface area contributed by atoms with Crippen molar-refractivity contribution >= 4 is 17.3 Å². The van der Waals surface area contributed by atoms with Crippen LogP contribution < -0.4 is 4.72 Å². The monoisotopic (exact) mass is 509 g/mol. The number of nitrogens with one attached hydrogen (secondary N) is 1. The van der Waals surface area contributed by atoms with Crippen LogP contribution in [0.4, 0.5) is 26.3 Å². The predicted octanol–water partition coefficient (Wildman–Crippen LogP) is 6.28. The lowest BCUT2D eigenvalue weighted by Crippen LogP contribution is -2.42. The summed E-state index contributed by atoms with van der Waals surface area (Å²) in [4.78, 5) is 11.4. The molecule has 11 heteroatoms. The molecule has 0 heterocycles. The highest BCUT2D eigenvalue weighted by Crippen LogP contribution is 2.42. The maximum atomic E-state index is 15.8. The number of hydrogen-bond donors (Lipinski definition) is 2. The molecule has 0 aliphatic heterocycles. The first-order chi connectivity index (χ1) is 15.4. The largest absolute Gasteiger partial charge is 0.598 e. The van der Waals surface area contributed by atoms with Crippen LogP contribution in [0.5, 0.6) is 0 Å². The molecule has 0 spiro atoms. The van der Waals surface area contributed by atoms with E-state index in [-0.39, 0.29) is 22.3 Å². The summed E-state index contributed by atoms with van der Waals surface area (Å²) in [7, 11) is 0. The van der Waals surface area contributed by atoms with E-state index in [9.17, 15) is 32.0 Å². The van der Waals surface area contributed by atoms with Gasteiger partial charge in [-0.2, -0.15) is 13.2 Å². The summed E-state index contributed by atoms with van der Waals surface area (Å²) in [5.41, 5.74) is -3.46. The van der Waals surface area contributed by atoms with Crippen LogP contribution in [-0.4, -0.2) is 20.4 Å². The summed E-state index contributed by atoms with van der Waals surface area (Å²) < 4.78 is 100. The molecule has 2 N–H and O–H groups in total. The molecule has 0 saturated heterocycles. The molecule has 188 valence electrons. The molecular formula is C23H25F6NO3S. The molecule has 0 amide bonds. The zero-order valence-corrected chi connectivity index (χ0v) is 20.2. The number of carbonyl (C=O) groups is 1. The fourth-order valence-electron chi connectivity index (χ4n) is 3.48. The number of rotatable bonds is 6. The lowest BCUT2D eigenvalue weighted by Gasteiger charge is -2.29. The average molecular weight is 510 g/mol. The topological polar surface area (TPSA) is 72.4 Å². The maximum absolute atomic E-state index is 15.8. The number of halogens is 6. The third-order valence-corrected chi connectivity index (χ3v) is 6.99. The van der Waals surface area contributed by atoms with Crippen LogP contribution in [0.3, 0.4) is 0 Å². The Morgan fingerprint density at radius 2 is 1.62 bits per heavy atom. The molecule has 4 nitrogen and oxygen atoms in total. The first-order valence-corrected chi connectivity index (χ1v) is 11.3. The maximum Gasteiger partial charge on any atom is 0.419 e. The van der Waals surface area contributed by atoms with Gasteiger partial charge in [0.2, 0.25) is 0 Å². The van der Waals surface area contributed by atoms with Gasteiger partial charge in [0.25, 0.3) is 0 Å². The van der Waals surface area contributed by atoms with E-state index in [0.29, 0.717) is 6.07 Å². The van der Waals surface area contributed by atoms with Crippen molar-refractivity contribution in [2.24, 2.45) is 0 Å². The summed E-state index contributed by atoms with van der Waals surface area (Å²) in [5.74, 6) is -5.69. The minimum absolute atomic E-state index is 0.0634. The highest BCUT2D eigenvalue weighted by atomic mass is 32.2. The molecule has 2 aromatic rings. The van der Waals surface area contributed by atoms with Crippen molar-refractivity contribution in [3.63, 3.8) is 0 Å². The van der Waals surface area contributed by atoms with E-state index in [2.05, 4.69) is 4.72 Å². The number of hydrogen-bond acceptors (Lipinski definition) is 3. The second-order valence-electron chi connectivity index (χ2n) is 8.96. The van der Waals surface area contributed by atoms with E-state index >= 15 is 8.78 Å². The molecule has 0 saturated carbocycles. The van der Waals surface area contributed by atoms with Gasteiger partial charge in [-0.1, -0.05) is 0 Å². The standard InChI is InChI=1S/C23H25F6NO3S/c1-10-7-15(24)11(2)12(3)18(10)13-8-14(23(27,28)29)21(26)19(20(13)25)16(9-17(31)32)30-34(33)22(4,5)6/h7-8,16,30H,9H2,1-6H3,(H,31,32)/t16-,34?/m0/s1. The molecule has 2 atom stereocenters. The van der Waals surface area contributed by atoms with Crippen molar-refractivity contribution in [3.05, 3.63) is 57.4 Å². The Balaban J connectivity index is 2.95. The zero-order chi connectivity index (χ0) is 26.3. The van der Waals surface area contributed by atoms with Gasteiger partial charge in [0.05, 0.1) is 18.0 Å². The smallest absolute Gasteiger partial charge is 0.419 e. The SMILES string of the molecule is Cc1cc(F)c(C)c(C)c1-c1cc(C(F)(F)F)c(F)c([C@H](CC(=O)O)N[S+]([O-])C(C)(C)C)c1F. The fourth-order valence-corrected chi connectivity index (χ4v) is 4.30. The van der Waals surface area contributed by atoms with E-state index in [1.807, 2.05) is 0 Å². The minimum Gasteiger partial charge on any atom is -0.598 e. The van der Waals surface area contributed by atoms with Gasteiger partial charge >= 0.3 is 12.1 Å². The third kappa shape index (κ3) is 5.69. The summed E-state index contributed by atoms with van der Waals surface area (Å²) in [6, 6.07) is -0.574. The van der Waals surface area contributed by atoms with Crippen molar-refractivity contribution in [3.8, 4) is 11.1 Å². The quantitative estimate of drug-likeness (QED) is 0.355. The summed E-state index contributed by atoms with van der Waals surface area (Å²) in [6.07, 6.45) is -6.30. The van der Waals surface area contributed by atoms with Crippen molar-refractivity contribution in [2.75, 3.05) is 0 Å². The van der Waals surface area contributed by atoms with Crippen LogP contribution in [0.1, 0.15) is 61.1 Å². The normalized spacial score (nSPS) is 14.3. The lowest BCUT2D eigenvalue weighted by molar-refractivity contribution is -0.140. The van der Waals surface area contributed by atoms with Gasteiger partial charge < -0.3 is 9.66 Å². The Kier molecular flexibility index (Phi) is 8.06. The summed E-state index contributed by atoms with van der Waals surface area (Å²) in [5, 5.41) is 9.27. The molecule has 0 aliphatic carbocycles. The van der Waals surface area contributed by atoms with E-state index < -0.39 is 74.9 Å². The summed E-state index contributed by atoms with van der Waals surface area (Å²) in [6.45, 7) is 8.59. The van der Waals surface area contributed by atoms with Crippen molar-refractivity contribution in [2.45, 2.75) is 64.9 Å². The van der Waals surface area contributed by atoms with E-state index in [1.54, 1.807) is 0 Å². The van der Waals surface area contributed by atoms with Gasteiger partial charge in [-0.05, 0) is 75.9 Å². The Morgan fingerprint density at radius 1 is 1.06 bits per heavy atom. The van der Waals surface area contributed by atoms with E-state index in [1.165, 1.54) is 41.5 Å². The molecule has 0 aromatic heterocycles. The van der Waals surface area contributed by atoms with Crippen LogP contribution in [-0.2, 0) is 22.3 Å². The fraction of sp³-hybridized carbons (Fsp3) is 0.435. The van der Waals surface area contributed by atoms with Gasteiger partial charge in [0, 0.05) is 22.5 Å². The van der Waals surface area contributed by atoms with E-state index in [4.69, 9.17) is 0 Å². The van der Waals surface area contributed by atoms with Crippen LogP contribution in [0, 0.1) is 38.2 Å². The predicted molar refractivity (Wildman–Crippen MR) is 117 cm³/mol. The first kappa shape index (κ1) is 28.0. The number of carboxylic acids is 1. The van der Waals surface area contributed by atoms with Crippen molar-refractivity contribution in [1.29, 1.82) is 0 Å². The molecule has 0 aliphatic rings. The lowest BCUT2D eigenvalue weighted by atomic mass is 9.88. The van der Waals surface area contributed by atoms with Crippen LogP contribution in [0.2, 0.25) is 0 Å². The van der Waals surface area contributed by atoms with Crippen LogP contribution >= 0.6 is 0 Å². The van der Waals surface area contributed by atoms with Gasteiger partial charge in [-0.15, -0.1) is 4.72 Å². The second-order valence-corrected chi connectivity index (χ2v) is 11.0. The number of aliphatic carboxylic acids is 1. The van der Waals surface area contributed by atoms with Gasteiger partial charge in [-0.3, -0.25) is 4.79 Å². The first-order valence-electron chi connectivity index (χ1n) is 10.1. The Labute approximate surface area is 196 Å². The third-order valence-electron chi connectivity index (χ3n) is 5.38. The van der Waals surface area contributed by atoms with Gasteiger partial charge in [0.15, 0.2) is 0 Å². The van der Waals surface area contributed by atoms with Gasteiger partial charge in [0.1, 0.15) is 22.2 Å². The second kappa shape index (κ2) is 9.79. The Bertz CT molecular complexity index is 1110. The number of carboxylic acid groups (broad SMARTS) is 1. The molecule has 0 radical (unpaired) electrons. The van der Waals surface area contributed by atoms with Crippen molar-refractivity contribution < 1.29 is 40.8 Å². The molecular weight excluding hydrogens is 484 g/mol. The minimum atomic E-state index is -5.25. The number of alkyl halides is 3. The zero-order valence-electron chi connectivity index (χ0n) is 19.4. The highest BCUT2D eigenvalue weighted by molar-refractivity contribution is 7.90. The molecule has 2 aromatic carbocycles. The van der Waals surface area contributed by atoms with Crippen LogP contribution in [0.15, 0.2) is 12.1 Å². The van der Waals surface area contributed by atoms with Crippen molar-refractivity contribution in [1.82, 2.24) is 4.72 Å². The number of benzene rings is 2. The molecule has 0 fully saturated rings. The molecule has 34 heavy (non-hydrogen) atoms. The van der Waals surface area contributed by atoms with Crippen LogP contribution in [0.25, 0.3) is 11.1 Å². The van der Waals surface area contributed by atoms with Gasteiger partial charge in [-0.25, -0.2) is 13.2 Å². The average Bonchev–Trinajstić information content (AvgIpc) is 2.65. The van der Waals surface area contributed by atoms with E-state index in [0.717, 1.165) is 6.07 Å². The Hall–Kier alpha value is -2.24.